The van der Waals surface area contributed by atoms with Crippen molar-refractivity contribution in [3.63, 3.8) is 0 Å². The Morgan fingerprint density at radius 1 is 0.458 bits per heavy atom. The van der Waals surface area contributed by atoms with Crippen LogP contribution in [-0.4, -0.2) is 5.66 Å². The first-order valence-electron chi connectivity index (χ1n) is 8.44. The summed E-state index contributed by atoms with van der Waals surface area (Å²) >= 11 is 0. The zero-order chi connectivity index (χ0) is 16.2. The van der Waals surface area contributed by atoms with Crippen LogP contribution in [0.5, 0.6) is 0 Å². The van der Waals surface area contributed by atoms with Gasteiger partial charge in [-0.25, -0.2) is 0 Å². The number of benzene rings is 3. The molecule has 4 rings (SSSR count). The van der Waals surface area contributed by atoms with Gasteiger partial charge in [-0.15, -0.1) is 0 Å². The molecule has 0 N–H and O–H groups in total. The third kappa shape index (κ3) is 2.44. The first kappa shape index (κ1) is 15.1. The molecule has 0 saturated heterocycles. The molecule has 1 heteroatoms. The van der Waals surface area contributed by atoms with Crippen LogP contribution in [0.2, 0.25) is 0 Å². The van der Waals surface area contributed by atoms with Crippen LogP contribution in [0.4, 0.5) is 0 Å². The molecule has 3 aromatic rings. The monoisotopic (exact) mass is 328 g/mol. The molecular weight excluding hydrogens is 307 g/mol. The molecule has 0 fully saturated rings. The minimum atomic E-state index is -2.16. The second-order valence-electron chi connectivity index (χ2n) is 6.20. The van der Waals surface area contributed by atoms with Crippen molar-refractivity contribution >= 4 is 23.2 Å². The summed E-state index contributed by atoms with van der Waals surface area (Å²) in [4.78, 5) is 0. The Labute approximate surface area is 144 Å². The number of allylic oxidation sites excluding steroid dienone is 4. The molecule has 0 unspecified atom stereocenters. The van der Waals surface area contributed by atoms with Gasteiger partial charge in [0.2, 0.25) is 0 Å². The summed E-state index contributed by atoms with van der Waals surface area (Å²) in [6.07, 6.45) is 9.14. The molecule has 0 amide bonds. The van der Waals surface area contributed by atoms with E-state index in [1.807, 2.05) is 0 Å². The first-order valence-corrected chi connectivity index (χ1v) is 10.5. The quantitative estimate of drug-likeness (QED) is 0.630. The molecule has 24 heavy (non-hydrogen) atoms. The van der Waals surface area contributed by atoms with Crippen molar-refractivity contribution in [3.8, 4) is 0 Å². The van der Waals surface area contributed by atoms with E-state index in [0.29, 0.717) is 5.66 Å². The maximum absolute atomic E-state index is 2.37. The van der Waals surface area contributed by atoms with Crippen LogP contribution < -0.4 is 15.9 Å². The van der Waals surface area contributed by atoms with Crippen LogP contribution in [0.15, 0.2) is 115 Å². The van der Waals surface area contributed by atoms with E-state index in [0.717, 1.165) is 0 Å². The van der Waals surface area contributed by atoms with Gasteiger partial charge in [-0.3, -0.25) is 0 Å². The average molecular weight is 328 g/mol. The predicted molar refractivity (Wildman–Crippen MR) is 109 cm³/mol. The van der Waals surface area contributed by atoms with Crippen LogP contribution in [0.3, 0.4) is 0 Å². The third-order valence-electron chi connectivity index (χ3n) is 4.94. The van der Waals surface area contributed by atoms with Crippen molar-refractivity contribution in [2.45, 2.75) is 5.66 Å². The first-order chi connectivity index (χ1) is 11.9. The van der Waals surface area contributed by atoms with E-state index in [1.165, 1.54) is 15.9 Å². The van der Waals surface area contributed by atoms with Gasteiger partial charge in [0.1, 0.15) is 0 Å². The van der Waals surface area contributed by atoms with E-state index < -0.39 is 7.26 Å². The van der Waals surface area contributed by atoms with Gasteiger partial charge >= 0.3 is 144 Å². The summed E-state index contributed by atoms with van der Waals surface area (Å²) in [5, 5.41) is 4.39. The van der Waals surface area contributed by atoms with E-state index in [4.69, 9.17) is 0 Å². The Balaban J connectivity index is 2.07. The van der Waals surface area contributed by atoms with E-state index >= 15 is 0 Å². The van der Waals surface area contributed by atoms with Gasteiger partial charge in [0.15, 0.2) is 0 Å². The standard InChI is InChI=1S/C23H21P/c1-4-12-20(13-5-1)24(23-18-10-11-19-23,21-14-6-2-7-15-21)22-16-8-3-9-17-22/h1-19,23-24H. The van der Waals surface area contributed by atoms with Gasteiger partial charge in [-0.2, -0.15) is 0 Å². The Morgan fingerprint density at radius 3 is 1.12 bits per heavy atom. The summed E-state index contributed by atoms with van der Waals surface area (Å²) in [5.74, 6) is 0. The Hall–Kier alpha value is -2.43. The van der Waals surface area contributed by atoms with Gasteiger partial charge in [0.25, 0.3) is 0 Å². The minimum absolute atomic E-state index is 0.435. The van der Waals surface area contributed by atoms with Crippen molar-refractivity contribution in [1.29, 1.82) is 0 Å². The van der Waals surface area contributed by atoms with Crippen molar-refractivity contribution in [2.75, 3.05) is 0 Å². The molecule has 0 atom stereocenters. The molecule has 0 aliphatic heterocycles. The molecule has 3 aromatic carbocycles. The van der Waals surface area contributed by atoms with Gasteiger partial charge in [0.05, 0.1) is 0 Å². The molecule has 0 nitrogen and oxygen atoms in total. The molecule has 0 aromatic heterocycles. The Morgan fingerprint density at radius 2 is 0.792 bits per heavy atom. The number of hydrogen-bond acceptors (Lipinski definition) is 0. The van der Waals surface area contributed by atoms with E-state index in [-0.39, 0.29) is 0 Å². The summed E-state index contributed by atoms with van der Waals surface area (Å²) in [6, 6.07) is 33.2. The van der Waals surface area contributed by atoms with E-state index in [2.05, 4.69) is 115 Å². The molecule has 118 valence electrons. The molecule has 0 heterocycles. The zero-order valence-electron chi connectivity index (χ0n) is 13.5. The van der Waals surface area contributed by atoms with Crippen LogP contribution in [0, 0.1) is 0 Å². The second-order valence-corrected chi connectivity index (χ2v) is 10.2. The predicted octanol–water partition coefficient (Wildman–Crippen LogP) is 4.21. The van der Waals surface area contributed by atoms with Crippen LogP contribution >= 0.6 is 7.26 Å². The van der Waals surface area contributed by atoms with Gasteiger partial charge in [-0.1, -0.05) is 0 Å². The fraction of sp³-hybridized carbons (Fsp3) is 0.0435. The van der Waals surface area contributed by atoms with Gasteiger partial charge in [0, 0.05) is 0 Å². The third-order valence-corrected chi connectivity index (χ3v) is 10.1. The fourth-order valence-corrected chi connectivity index (χ4v) is 9.01. The summed E-state index contributed by atoms with van der Waals surface area (Å²) in [6.45, 7) is 0. The summed E-state index contributed by atoms with van der Waals surface area (Å²) < 4.78 is 0. The second kappa shape index (κ2) is 6.59. The van der Waals surface area contributed by atoms with E-state index in [1.54, 1.807) is 0 Å². The van der Waals surface area contributed by atoms with Crippen molar-refractivity contribution in [2.24, 2.45) is 0 Å². The SMILES string of the molecule is C1=CC([PH](c2ccccc2)(c2ccccc2)c2ccccc2)C=C1. The zero-order valence-corrected chi connectivity index (χ0v) is 14.5. The Bertz CT molecular complexity index is 740. The van der Waals surface area contributed by atoms with Crippen molar-refractivity contribution in [3.05, 3.63) is 115 Å². The topological polar surface area (TPSA) is 0 Å². The number of rotatable bonds is 4. The molecule has 0 spiro atoms. The summed E-state index contributed by atoms with van der Waals surface area (Å²) in [5.41, 5.74) is 0.435. The van der Waals surface area contributed by atoms with Crippen molar-refractivity contribution < 1.29 is 0 Å². The molecule has 0 saturated carbocycles. The van der Waals surface area contributed by atoms with Crippen LogP contribution in [0.25, 0.3) is 0 Å². The van der Waals surface area contributed by atoms with Gasteiger partial charge in [-0.05, 0) is 0 Å². The van der Waals surface area contributed by atoms with E-state index in [9.17, 15) is 0 Å². The maximum atomic E-state index is 2.37. The normalized spacial score (nSPS) is 14.8. The van der Waals surface area contributed by atoms with Gasteiger partial charge < -0.3 is 0 Å². The fourth-order valence-electron chi connectivity index (χ4n) is 3.90. The number of hydrogen-bond donors (Lipinski definition) is 0. The summed E-state index contributed by atoms with van der Waals surface area (Å²) in [7, 11) is -2.16. The molecular formula is C23H21P. The Kier molecular flexibility index (Phi) is 4.15. The molecule has 1 aliphatic rings. The van der Waals surface area contributed by atoms with Crippen molar-refractivity contribution in [1.82, 2.24) is 0 Å². The average Bonchev–Trinajstić information content (AvgIpc) is 3.20. The van der Waals surface area contributed by atoms with Crippen LogP contribution in [0.1, 0.15) is 0 Å². The molecule has 1 aliphatic carbocycles. The molecule has 0 bridgehead atoms. The van der Waals surface area contributed by atoms with Crippen LogP contribution in [-0.2, 0) is 0 Å². The molecule has 0 radical (unpaired) electrons.